The van der Waals surface area contributed by atoms with Gasteiger partial charge in [0.15, 0.2) is 0 Å². The molecule has 4 heteroatoms. The van der Waals surface area contributed by atoms with Gasteiger partial charge in [0.25, 0.3) is 0 Å². The second kappa shape index (κ2) is 7.60. The standard InChI is InChI=1S/C16H28N4/c1-4-8-17-15(5-2)16-7-6-14(13-18-16)20-11-9-19(3)10-12-20/h6-7,13,15,17H,4-5,8-12H2,1-3H3. The van der Waals surface area contributed by atoms with Crippen molar-refractivity contribution in [3.63, 3.8) is 0 Å². The zero-order valence-corrected chi connectivity index (χ0v) is 13.1. The summed E-state index contributed by atoms with van der Waals surface area (Å²) in [6, 6.07) is 4.80. The van der Waals surface area contributed by atoms with E-state index in [0.717, 1.165) is 45.6 Å². The Kier molecular flexibility index (Phi) is 5.80. The number of pyridine rings is 1. The average molecular weight is 276 g/mol. The van der Waals surface area contributed by atoms with Crippen LogP contribution in [0.1, 0.15) is 38.4 Å². The third-order valence-electron chi connectivity index (χ3n) is 4.05. The predicted molar refractivity (Wildman–Crippen MR) is 85.3 cm³/mol. The fraction of sp³-hybridized carbons (Fsp3) is 0.688. The van der Waals surface area contributed by atoms with Gasteiger partial charge in [0.1, 0.15) is 0 Å². The summed E-state index contributed by atoms with van der Waals surface area (Å²) in [5, 5.41) is 3.56. The summed E-state index contributed by atoms with van der Waals surface area (Å²) in [4.78, 5) is 9.48. The molecule has 1 aromatic heterocycles. The Balaban J connectivity index is 1.98. The summed E-state index contributed by atoms with van der Waals surface area (Å²) < 4.78 is 0. The molecule has 1 unspecified atom stereocenters. The highest BCUT2D eigenvalue weighted by Gasteiger charge is 2.15. The Bertz CT molecular complexity index is 358. The zero-order valence-electron chi connectivity index (χ0n) is 13.1. The molecule has 20 heavy (non-hydrogen) atoms. The van der Waals surface area contributed by atoms with E-state index in [1.54, 1.807) is 0 Å². The van der Waals surface area contributed by atoms with Crippen molar-refractivity contribution in [2.24, 2.45) is 0 Å². The molecule has 1 saturated heterocycles. The first-order valence-corrected chi connectivity index (χ1v) is 7.87. The van der Waals surface area contributed by atoms with Crippen LogP contribution in [0.5, 0.6) is 0 Å². The van der Waals surface area contributed by atoms with Crippen LogP contribution >= 0.6 is 0 Å². The lowest BCUT2D eigenvalue weighted by Gasteiger charge is -2.34. The molecule has 2 heterocycles. The molecule has 1 N–H and O–H groups in total. The average Bonchev–Trinajstić information content (AvgIpc) is 2.49. The lowest BCUT2D eigenvalue weighted by Crippen LogP contribution is -2.44. The number of aromatic nitrogens is 1. The maximum absolute atomic E-state index is 4.68. The van der Waals surface area contributed by atoms with Gasteiger partial charge < -0.3 is 15.1 Å². The molecule has 0 spiro atoms. The molecular formula is C16H28N4. The van der Waals surface area contributed by atoms with Crippen molar-refractivity contribution in [3.8, 4) is 0 Å². The van der Waals surface area contributed by atoms with E-state index in [-0.39, 0.29) is 0 Å². The van der Waals surface area contributed by atoms with Gasteiger partial charge in [0.2, 0.25) is 0 Å². The van der Waals surface area contributed by atoms with Gasteiger partial charge in [-0.05, 0) is 38.6 Å². The first kappa shape index (κ1) is 15.3. The van der Waals surface area contributed by atoms with E-state index < -0.39 is 0 Å². The number of rotatable bonds is 6. The SMILES string of the molecule is CCCNC(CC)c1ccc(N2CCN(C)CC2)cn1. The molecule has 0 aromatic carbocycles. The molecule has 4 nitrogen and oxygen atoms in total. The Morgan fingerprint density at radius 3 is 2.50 bits per heavy atom. The molecule has 0 saturated carbocycles. The van der Waals surface area contributed by atoms with Crippen LogP contribution in [0, 0.1) is 0 Å². The minimum atomic E-state index is 0.386. The predicted octanol–water partition coefficient (Wildman–Crippen LogP) is 2.28. The van der Waals surface area contributed by atoms with Gasteiger partial charge in [-0.25, -0.2) is 0 Å². The highest BCUT2D eigenvalue weighted by Crippen LogP contribution is 2.19. The molecule has 0 radical (unpaired) electrons. The van der Waals surface area contributed by atoms with Gasteiger partial charge in [-0.15, -0.1) is 0 Å². The van der Waals surface area contributed by atoms with Gasteiger partial charge in [-0.1, -0.05) is 13.8 Å². The Hall–Kier alpha value is -1.13. The van der Waals surface area contributed by atoms with Gasteiger partial charge in [0, 0.05) is 32.2 Å². The summed E-state index contributed by atoms with van der Waals surface area (Å²) in [5.41, 5.74) is 2.42. The van der Waals surface area contributed by atoms with Crippen LogP contribution in [0.2, 0.25) is 0 Å². The van der Waals surface area contributed by atoms with Crippen molar-refractivity contribution in [1.29, 1.82) is 0 Å². The van der Waals surface area contributed by atoms with Crippen LogP contribution in [0.25, 0.3) is 0 Å². The minimum Gasteiger partial charge on any atom is -0.368 e. The maximum atomic E-state index is 4.68. The summed E-state index contributed by atoms with van der Waals surface area (Å²) in [6.07, 6.45) is 4.29. The van der Waals surface area contributed by atoms with Crippen molar-refractivity contribution in [3.05, 3.63) is 24.0 Å². The summed E-state index contributed by atoms with van der Waals surface area (Å²) in [7, 11) is 2.18. The van der Waals surface area contributed by atoms with E-state index >= 15 is 0 Å². The van der Waals surface area contributed by atoms with E-state index in [1.807, 2.05) is 6.20 Å². The fourth-order valence-corrected chi connectivity index (χ4v) is 2.63. The number of piperazine rings is 1. The number of nitrogens with one attached hydrogen (secondary N) is 1. The number of nitrogens with zero attached hydrogens (tertiary/aromatic N) is 3. The molecule has 1 aliphatic heterocycles. The van der Waals surface area contributed by atoms with Crippen molar-refractivity contribution in [1.82, 2.24) is 15.2 Å². The Labute approximate surface area is 123 Å². The molecule has 112 valence electrons. The quantitative estimate of drug-likeness (QED) is 0.864. The van der Waals surface area contributed by atoms with Crippen LogP contribution < -0.4 is 10.2 Å². The minimum absolute atomic E-state index is 0.386. The van der Waals surface area contributed by atoms with Gasteiger partial charge in [0.05, 0.1) is 17.6 Å². The molecule has 0 bridgehead atoms. The smallest absolute Gasteiger partial charge is 0.0574 e. The van der Waals surface area contributed by atoms with E-state index in [9.17, 15) is 0 Å². The first-order valence-electron chi connectivity index (χ1n) is 7.87. The number of anilines is 1. The molecule has 2 rings (SSSR count). The van der Waals surface area contributed by atoms with Gasteiger partial charge in [-0.3, -0.25) is 4.98 Å². The van der Waals surface area contributed by atoms with E-state index in [0.29, 0.717) is 6.04 Å². The van der Waals surface area contributed by atoms with Crippen molar-refractivity contribution in [2.75, 3.05) is 44.7 Å². The van der Waals surface area contributed by atoms with Crippen LogP contribution in [-0.2, 0) is 0 Å². The third kappa shape index (κ3) is 3.93. The lowest BCUT2D eigenvalue weighted by molar-refractivity contribution is 0.313. The number of hydrogen-bond donors (Lipinski definition) is 1. The Morgan fingerprint density at radius 1 is 1.20 bits per heavy atom. The van der Waals surface area contributed by atoms with E-state index in [4.69, 9.17) is 0 Å². The highest BCUT2D eigenvalue weighted by atomic mass is 15.2. The molecule has 1 aliphatic rings. The van der Waals surface area contributed by atoms with E-state index in [2.05, 4.69) is 53.1 Å². The monoisotopic (exact) mass is 276 g/mol. The van der Waals surface area contributed by atoms with Crippen LogP contribution in [0.4, 0.5) is 5.69 Å². The summed E-state index contributed by atoms with van der Waals surface area (Å²) in [6.45, 7) is 9.94. The number of likely N-dealkylation sites (N-methyl/N-ethyl adjacent to an activating group) is 1. The highest BCUT2D eigenvalue weighted by molar-refractivity contribution is 5.45. The second-order valence-electron chi connectivity index (χ2n) is 5.65. The van der Waals surface area contributed by atoms with Crippen molar-refractivity contribution in [2.45, 2.75) is 32.7 Å². The third-order valence-corrected chi connectivity index (χ3v) is 4.05. The first-order chi connectivity index (χ1) is 9.74. The maximum Gasteiger partial charge on any atom is 0.0574 e. The molecule has 1 fully saturated rings. The summed E-state index contributed by atoms with van der Waals surface area (Å²) in [5.74, 6) is 0. The molecule has 0 amide bonds. The molecular weight excluding hydrogens is 248 g/mol. The largest absolute Gasteiger partial charge is 0.368 e. The molecule has 0 aliphatic carbocycles. The van der Waals surface area contributed by atoms with Gasteiger partial charge in [-0.2, -0.15) is 0 Å². The van der Waals surface area contributed by atoms with Crippen LogP contribution in [0.15, 0.2) is 18.3 Å². The zero-order chi connectivity index (χ0) is 14.4. The second-order valence-corrected chi connectivity index (χ2v) is 5.65. The van der Waals surface area contributed by atoms with Crippen LogP contribution in [-0.4, -0.2) is 49.7 Å². The molecule has 1 aromatic rings. The Morgan fingerprint density at radius 2 is 1.95 bits per heavy atom. The van der Waals surface area contributed by atoms with Crippen molar-refractivity contribution >= 4 is 5.69 Å². The van der Waals surface area contributed by atoms with Crippen LogP contribution in [0.3, 0.4) is 0 Å². The molecule has 1 atom stereocenters. The van der Waals surface area contributed by atoms with Gasteiger partial charge >= 0.3 is 0 Å². The topological polar surface area (TPSA) is 31.4 Å². The van der Waals surface area contributed by atoms with E-state index in [1.165, 1.54) is 11.4 Å². The fourth-order valence-electron chi connectivity index (χ4n) is 2.63. The summed E-state index contributed by atoms with van der Waals surface area (Å²) >= 11 is 0. The van der Waals surface area contributed by atoms with Crippen molar-refractivity contribution < 1.29 is 0 Å². The number of hydrogen-bond acceptors (Lipinski definition) is 4. The normalized spacial score (nSPS) is 18.2. The lowest BCUT2D eigenvalue weighted by atomic mass is 10.1.